The number of benzene rings is 1. The normalized spacial score (nSPS) is 17.0. The number of amides is 1. The van der Waals surface area contributed by atoms with Crippen molar-refractivity contribution in [1.82, 2.24) is 4.98 Å². The third kappa shape index (κ3) is 4.35. The van der Waals surface area contributed by atoms with E-state index < -0.39 is 23.7 Å². The van der Waals surface area contributed by atoms with Crippen LogP contribution in [0.4, 0.5) is 5.13 Å². The molecule has 0 aliphatic carbocycles. The molecule has 0 saturated carbocycles. The van der Waals surface area contributed by atoms with E-state index in [1.165, 1.54) is 13.2 Å². The average molecular weight is 495 g/mol. The summed E-state index contributed by atoms with van der Waals surface area (Å²) in [7, 11) is 1.48. The minimum atomic E-state index is -1.10. The molecule has 0 radical (unpaired) electrons. The second-order valence-electron chi connectivity index (χ2n) is 7.65. The number of aliphatic hydroxyl groups excluding tert-OH is 1. The standard InChI is InChI=1S/C25H22N2O7S/c1-5-11-33-24(31)22-14(3)26-25(35-22)27-19(17-10-9-13(2)34-17)18(21(29)23(27)30)20(28)15-7-6-8-16(12-15)32-4/h5-10,12,19,28H,1,11H2,2-4H3/b20-18+. The van der Waals surface area contributed by atoms with Gasteiger partial charge in [0.25, 0.3) is 5.78 Å². The van der Waals surface area contributed by atoms with Gasteiger partial charge in [-0.05, 0) is 38.1 Å². The minimum absolute atomic E-state index is 0.0161. The van der Waals surface area contributed by atoms with Crippen molar-refractivity contribution >= 4 is 39.9 Å². The molecule has 1 aromatic carbocycles. The highest BCUT2D eigenvalue weighted by Gasteiger charge is 2.50. The quantitative estimate of drug-likeness (QED) is 0.169. The number of aliphatic hydroxyl groups is 1. The van der Waals surface area contributed by atoms with Crippen molar-refractivity contribution in [3.63, 3.8) is 0 Å². The fourth-order valence-corrected chi connectivity index (χ4v) is 4.69. The first-order valence-electron chi connectivity index (χ1n) is 10.5. The van der Waals surface area contributed by atoms with Crippen LogP contribution in [0.2, 0.25) is 0 Å². The Morgan fingerprint density at radius 2 is 2.06 bits per heavy atom. The number of aromatic nitrogens is 1. The second kappa shape index (κ2) is 9.59. The number of hydrogen-bond donors (Lipinski definition) is 1. The summed E-state index contributed by atoms with van der Waals surface area (Å²) in [6, 6.07) is 8.70. The van der Waals surface area contributed by atoms with E-state index in [2.05, 4.69) is 11.6 Å². The van der Waals surface area contributed by atoms with Gasteiger partial charge in [-0.2, -0.15) is 0 Å². The van der Waals surface area contributed by atoms with E-state index in [-0.39, 0.29) is 33.7 Å². The summed E-state index contributed by atoms with van der Waals surface area (Å²) in [6.07, 6.45) is 1.44. The number of methoxy groups -OCH3 is 1. The van der Waals surface area contributed by atoms with Gasteiger partial charge in [-0.15, -0.1) is 0 Å². The Morgan fingerprint density at radius 3 is 2.71 bits per heavy atom. The van der Waals surface area contributed by atoms with Gasteiger partial charge in [0.05, 0.1) is 18.4 Å². The van der Waals surface area contributed by atoms with E-state index in [9.17, 15) is 19.5 Å². The Balaban J connectivity index is 1.87. The summed E-state index contributed by atoms with van der Waals surface area (Å²) in [5, 5.41) is 11.3. The highest BCUT2D eigenvalue weighted by molar-refractivity contribution is 7.17. The zero-order valence-electron chi connectivity index (χ0n) is 19.2. The monoisotopic (exact) mass is 494 g/mol. The van der Waals surface area contributed by atoms with Crippen LogP contribution in [0, 0.1) is 13.8 Å². The SMILES string of the molecule is C=CCOC(=O)c1sc(N2C(=O)C(=O)/C(=C(/O)c3cccc(OC)c3)C2c2ccc(C)o2)nc1C. The molecule has 1 atom stereocenters. The Morgan fingerprint density at radius 1 is 1.29 bits per heavy atom. The van der Waals surface area contributed by atoms with Crippen LogP contribution in [0.15, 0.2) is 59.0 Å². The van der Waals surface area contributed by atoms with Crippen molar-refractivity contribution in [3.05, 3.63) is 82.3 Å². The molecule has 1 aliphatic rings. The molecule has 4 rings (SSSR count). The highest BCUT2D eigenvalue weighted by Crippen LogP contribution is 2.44. The molecule has 2 aromatic heterocycles. The smallest absolute Gasteiger partial charge is 0.350 e. The summed E-state index contributed by atoms with van der Waals surface area (Å²) < 4.78 is 16.1. The molecule has 1 N–H and O–H groups in total. The molecule has 0 spiro atoms. The molecule has 35 heavy (non-hydrogen) atoms. The van der Waals surface area contributed by atoms with Crippen molar-refractivity contribution in [2.24, 2.45) is 0 Å². The summed E-state index contributed by atoms with van der Waals surface area (Å²) >= 11 is 0.909. The molecule has 9 nitrogen and oxygen atoms in total. The predicted molar refractivity (Wildman–Crippen MR) is 129 cm³/mol. The lowest BCUT2D eigenvalue weighted by molar-refractivity contribution is -0.132. The van der Waals surface area contributed by atoms with E-state index in [1.54, 1.807) is 50.2 Å². The maximum absolute atomic E-state index is 13.2. The van der Waals surface area contributed by atoms with Gasteiger partial charge in [0.15, 0.2) is 5.13 Å². The molecule has 0 bridgehead atoms. The molecular formula is C25H22N2O7S. The van der Waals surface area contributed by atoms with Gasteiger partial charge < -0.3 is 19.0 Å². The Kier molecular flexibility index (Phi) is 6.57. The van der Waals surface area contributed by atoms with Crippen molar-refractivity contribution in [3.8, 4) is 5.75 Å². The molecular weight excluding hydrogens is 472 g/mol. The fraction of sp³-hybridized carbons (Fsp3) is 0.200. The maximum atomic E-state index is 13.2. The van der Waals surface area contributed by atoms with Gasteiger partial charge in [0.1, 0.15) is 40.6 Å². The number of esters is 1. The van der Waals surface area contributed by atoms with Crippen LogP contribution < -0.4 is 9.64 Å². The van der Waals surface area contributed by atoms with Crippen molar-refractivity contribution in [2.45, 2.75) is 19.9 Å². The Bertz CT molecular complexity index is 1370. The largest absolute Gasteiger partial charge is 0.507 e. The number of aryl methyl sites for hydroxylation is 2. The third-order valence-corrected chi connectivity index (χ3v) is 6.46. The van der Waals surface area contributed by atoms with Crippen LogP contribution in [0.1, 0.15) is 38.5 Å². The van der Waals surface area contributed by atoms with Crippen LogP contribution in [0.3, 0.4) is 0 Å². The Labute approximate surface area is 204 Å². The highest BCUT2D eigenvalue weighted by atomic mass is 32.1. The number of ether oxygens (including phenoxy) is 2. The van der Waals surface area contributed by atoms with Crippen molar-refractivity contribution < 1.29 is 33.4 Å². The number of carbonyl (C=O) groups is 3. The van der Waals surface area contributed by atoms with E-state index >= 15 is 0 Å². The topological polar surface area (TPSA) is 119 Å². The third-order valence-electron chi connectivity index (χ3n) is 5.33. The minimum Gasteiger partial charge on any atom is -0.507 e. The molecule has 3 aromatic rings. The van der Waals surface area contributed by atoms with Crippen molar-refractivity contribution in [2.75, 3.05) is 18.6 Å². The van der Waals surface area contributed by atoms with Crippen LogP contribution >= 0.6 is 11.3 Å². The number of rotatable bonds is 7. The molecule has 1 amide bonds. The predicted octanol–water partition coefficient (Wildman–Crippen LogP) is 4.33. The first-order valence-corrected chi connectivity index (χ1v) is 11.4. The Hall–Kier alpha value is -4.18. The van der Waals surface area contributed by atoms with Crippen LogP contribution in [0.5, 0.6) is 5.75 Å². The van der Waals surface area contributed by atoms with Crippen LogP contribution in [-0.2, 0) is 14.3 Å². The molecule has 1 fully saturated rings. The average Bonchev–Trinajstić information content (AvgIpc) is 3.53. The number of furan rings is 1. The van der Waals surface area contributed by atoms with E-state index in [1.807, 2.05) is 0 Å². The van der Waals surface area contributed by atoms with Gasteiger partial charge in [0, 0.05) is 5.56 Å². The molecule has 1 unspecified atom stereocenters. The number of carbonyl (C=O) groups excluding carboxylic acids is 3. The molecule has 3 heterocycles. The lowest BCUT2D eigenvalue weighted by Gasteiger charge is -2.20. The second-order valence-corrected chi connectivity index (χ2v) is 8.63. The number of ketones is 1. The first kappa shape index (κ1) is 24.0. The lowest BCUT2D eigenvalue weighted by atomic mass is 9.99. The van der Waals surface area contributed by atoms with Gasteiger partial charge in [-0.25, -0.2) is 9.78 Å². The summed E-state index contributed by atoms with van der Waals surface area (Å²) in [6.45, 7) is 6.85. The van der Waals surface area contributed by atoms with Gasteiger partial charge in [-0.1, -0.05) is 36.1 Å². The van der Waals surface area contributed by atoms with Gasteiger partial charge in [0.2, 0.25) is 0 Å². The first-order chi connectivity index (χ1) is 16.8. The summed E-state index contributed by atoms with van der Waals surface area (Å²) in [5.41, 5.74) is 0.462. The number of anilines is 1. The molecule has 1 aliphatic heterocycles. The van der Waals surface area contributed by atoms with Crippen LogP contribution in [0.25, 0.3) is 5.76 Å². The molecule has 180 valence electrons. The number of hydrogen-bond acceptors (Lipinski definition) is 9. The van der Waals surface area contributed by atoms with Crippen molar-refractivity contribution in [1.29, 1.82) is 0 Å². The summed E-state index contributed by atoms with van der Waals surface area (Å²) in [4.78, 5) is 44.5. The maximum Gasteiger partial charge on any atom is 0.350 e. The van der Waals surface area contributed by atoms with Crippen LogP contribution in [-0.4, -0.2) is 41.5 Å². The number of thiazole rings is 1. The fourth-order valence-electron chi connectivity index (χ4n) is 3.70. The number of Topliss-reactive ketones (excluding diaryl/α,β-unsaturated/α-hetero) is 1. The zero-order chi connectivity index (χ0) is 25.3. The van der Waals surface area contributed by atoms with E-state index in [0.717, 1.165) is 16.2 Å². The number of nitrogens with zero attached hydrogens (tertiary/aromatic N) is 2. The van der Waals surface area contributed by atoms with E-state index in [0.29, 0.717) is 22.8 Å². The van der Waals surface area contributed by atoms with E-state index in [4.69, 9.17) is 13.9 Å². The molecule has 10 heteroatoms. The van der Waals surface area contributed by atoms with Gasteiger partial charge >= 0.3 is 11.9 Å². The zero-order valence-corrected chi connectivity index (χ0v) is 20.0. The molecule has 1 saturated heterocycles. The lowest BCUT2D eigenvalue weighted by Crippen LogP contribution is -2.29. The van der Waals surface area contributed by atoms with Gasteiger partial charge in [-0.3, -0.25) is 14.5 Å². The summed E-state index contributed by atoms with van der Waals surface area (Å²) in [5.74, 6) is -1.55.